The molecule has 0 aliphatic carbocycles. The van der Waals surface area contributed by atoms with Gasteiger partial charge in [0.25, 0.3) is 0 Å². The monoisotopic (exact) mass is 313 g/mol. The summed E-state index contributed by atoms with van der Waals surface area (Å²) in [6.07, 6.45) is 0. The fraction of sp³-hybridized carbons (Fsp3) is 0.176. The summed E-state index contributed by atoms with van der Waals surface area (Å²) in [4.78, 5) is 6.27. The van der Waals surface area contributed by atoms with Gasteiger partial charge in [0.1, 0.15) is 17.6 Å². The molecule has 3 rings (SSSR count). The van der Waals surface area contributed by atoms with Gasteiger partial charge in [-0.05, 0) is 31.8 Å². The molecule has 3 aromatic rings. The highest BCUT2D eigenvalue weighted by Gasteiger charge is 2.24. The van der Waals surface area contributed by atoms with Gasteiger partial charge < -0.3 is 9.63 Å². The van der Waals surface area contributed by atoms with Gasteiger partial charge in [-0.1, -0.05) is 35.5 Å². The van der Waals surface area contributed by atoms with E-state index in [1.165, 1.54) is 12.1 Å². The van der Waals surface area contributed by atoms with Crippen LogP contribution in [0.1, 0.15) is 17.5 Å². The third-order valence-electron chi connectivity index (χ3n) is 3.50. The van der Waals surface area contributed by atoms with Crippen molar-refractivity contribution in [1.29, 1.82) is 0 Å². The van der Waals surface area contributed by atoms with E-state index in [0.717, 1.165) is 11.6 Å². The first-order valence-electron chi connectivity index (χ1n) is 7.10. The Labute approximate surface area is 133 Å². The lowest BCUT2D eigenvalue weighted by atomic mass is 10.1. The van der Waals surface area contributed by atoms with Crippen molar-refractivity contribution < 1.29 is 14.0 Å². The SMILES string of the molecule is CN(C)C(c1ccccc1)c1nc(-c2ccc(O)cc2F)no1. The maximum absolute atomic E-state index is 13.9. The molecule has 1 atom stereocenters. The first kappa shape index (κ1) is 15.2. The van der Waals surface area contributed by atoms with Gasteiger partial charge in [0, 0.05) is 6.07 Å². The molecule has 0 aliphatic rings. The summed E-state index contributed by atoms with van der Waals surface area (Å²) in [6, 6.07) is 13.3. The number of benzene rings is 2. The molecule has 1 N–H and O–H groups in total. The number of phenols is 1. The van der Waals surface area contributed by atoms with Crippen LogP contribution in [0.3, 0.4) is 0 Å². The van der Waals surface area contributed by atoms with Crippen LogP contribution in [0.15, 0.2) is 53.1 Å². The minimum absolute atomic E-state index is 0.148. The Morgan fingerprint density at radius 3 is 2.52 bits per heavy atom. The molecule has 0 saturated carbocycles. The van der Waals surface area contributed by atoms with Gasteiger partial charge in [-0.3, -0.25) is 4.90 Å². The summed E-state index contributed by atoms with van der Waals surface area (Å²) in [5.41, 5.74) is 1.18. The molecule has 118 valence electrons. The largest absolute Gasteiger partial charge is 0.508 e. The molecule has 0 fully saturated rings. The number of nitrogens with zero attached hydrogens (tertiary/aromatic N) is 3. The van der Waals surface area contributed by atoms with E-state index >= 15 is 0 Å². The zero-order valence-electron chi connectivity index (χ0n) is 12.8. The molecular weight excluding hydrogens is 297 g/mol. The lowest BCUT2D eigenvalue weighted by molar-refractivity contribution is 0.261. The molecule has 0 spiro atoms. The minimum atomic E-state index is -0.599. The standard InChI is InChI=1S/C17H16FN3O2/c1-21(2)15(11-6-4-3-5-7-11)17-19-16(20-23-17)13-9-8-12(22)10-14(13)18/h3-10,15,22H,1-2H3. The first-order valence-corrected chi connectivity index (χ1v) is 7.10. The van der Waals surface area contributed by atoms with Gasteiger partial charge in [-0.25, -0.2) is 4.39 Å². The van der Waals surface area contributed by atoms with Gasteiger partial charge in [-0.2, -0.15) is 4.98 Å². The van der Waals surface area contributed by atoms with E-state index in [4.69, 9.17) is 4.52 Å². The molecule has 1 heterocycles. The van der Waals surface area contributed by atoms with E-state index in [1.807, 2.05) is 49.3 Å². The quantitative estimate of drug-likeness (QED) is 0.801. The third-order valence-corrected chi connectivity index (χ3v) is 3.50. The first-order chi connectivity index (χ1) is 11.1. The summed E-state index contributed by atoms with van der Waals surface area (Å²) in [5, 5.41) is 13.2. The van der Waals surface area contributed by atoms with Gasteiger partial charge in [-0.15, -0.1) is 0 Å². The maximum Gasteiger partial charge on any atom is 0.248 e. The summed E-state index contributed by atoms with van der Waals surface area (Å²) in [6.45, 7) is 0. The molecule has 5 nitrogen and oxygen atoms in total. The Bertz CT molecular complexity index is 803. The van der Waals surface area contributed by atoms with Crippen molar-refractivity contribution in [3.63, 3.8) is 0 Å². The lowest BCUT2D eigenvalue weighted by Gasteiger charge is -2.20. The molecule has 1 unspecified atom stereocenters. The number of aromatic hydroxyl groups is 1. The van der Waals surface area contributed by atoms with Crippen molar-refractivity contribution in [2.24, 2.45) is 0 Å². The molecule has 0 saturated heterocycles. The zero-order valence-corrected chi connectivity index (χ0v) is 12.8. The highest BCUT2D eigenvalue weighted by atomic mass is 19.1. The second-order valence-corrected chi connectivity index (χ2v) is 5.40. The van der Waals surface area contributed by atoms with Crippen LogP contribution in [0.25, 0.3) is 11.4 Å². The predicted octanol–water partition coefficient (Wildman–Crippen LogP) is 3.23. The second kappa shape index (κ2) is 6.18. The molecule has 0 amide bonds. The van der Waals surface area contributed by atoms with Crippen LogP contribution in [0.4, 0.5) is 4.39 Å². The molecule has 0 radical (unpaired) electrons. The number of hydrogen-bond acceptors (Lipinski definition) is 5. The average Bonchev–Trinajstić information content (AvgIpc) is 2.97. The van der Waals surface area contributed by atoms with Crippen molar-refractivity contribution in [3.05, 3.63) is 65.8 Å². The van der Waals surface area contributed by atoms with Gasteiger partial charge in [0.05, 0.1) is 5.56 Å². The van der Waals surface area contributed by atoms with E-state index in [-0.39, 0.29) is 23.2 Å². The van der Waals surface area contributed by atoms with Gasteiger partial charge in [0.15, 0.2) is 0 Å². The predicted molar refractivity (Wildman–Crippen MR) is 83.3 cm³/mol. The lowest BCUT2D eigenvalue weighted by Crippen LogP contribution is -2.21. The van der Waals surface area contributed by atoms with Crippen molar-refractivity contribution >= 4 is 0 Å². The smallest absolute Gasteiger partial charge is 0.248 e. The minimum Gasteiger partial charge on any atom is -0.508 e. The molecule has 6 heteroatoms. The second-order valence-electron chi connectivity index (χ2n) is 5.40. The van der Waals surface area contributed by atoms with E-state index < -0.39 is 5.82 Å². The number of phenolic OH excluding ortho intramolecular Hbond substituents is 1. The highest BCUT2D eigenvalue weighted by molar-refractivity contribution is 5.56. The van der Waals surface area contributed by atoms with E-state index in [1.54, 1.807) is 0 Å². The van der Waals surface area contributed by atoms with Crippen LogP contribution in [0, 0.1) is 5.82 Å². The van der Waals surface area contributed by atoms with Crippen molar-refractivity contribution in [2.75, 3.05) is 14.1 Å². The van der Waals surface area contributed by atoms with Crippen molar-refractivity contribution in [3.8, 4) is 17.1 Å². The molecule has 0 bridgehead atoms. The van der Waals surface area contributed by atoms with Crippen molar-refractivity contribution in [1.82, 2.24) is 15.0 Å². The Balaban J connectivity index is 1.99. The average molecular weight is 313 g/mol. The van der Waals surface area contributed by atoms with Crippen LogP contribution in [-0.2, 0) is 0 Å². The fourth-order valence-corrected chi connectivity index (χ4v) is 2.44. The fourth-order valence-electron chi connectivity index (χ4n) is 2.44. The Kier molecular flexibility index (Phi) is 4.08. The van der Waals surface area contributed by atoms with Gasteiger partial charge in [0.2, 0.25) is 11.7 Å². The van der Waals surface area contributed by atoms with Crippen LogP contribution < -0.4 is 0 Å². The normalized spacial score (nSPS) is 12.5. The van der Waals surface area contributed by atoms with Crippen LogP contribution in [0.5, 0.6) is 5.75 Å². The number of halogens is 1. The Hall–Kier alpha value is -2.73. The van der Waals surface area contributed by atoms with E-state index in [2.05, 4.69) is 10.1 Å². The summed E-state index contributed by atoms with van der Waals surface area (Å²) in [5.74, 6) is -0.215. The topological polar surface area (TPSA) is 62.4 Å². The van der Waals surface area contributed by atoms with Crippen LogP contribution in [0.2, 0.25) is 0 Å². The number of hydrogen-bond donors (Lipinski definition) is 1. The Morgan fingerprint density at radius 1 is 1.13 bits per heavy atom. The molecule has 1 aromatic heterocycles. The number of rotatable bonds is 4. The van der Waals surface area contributed by atoms with E-state index in [9.17, 15) is 9.50 Å². The molecule has 2 aromatic carbocycles. The number of aromatic nitrogens is 2. The summed E-state index contributed by atoms with van der Waals surface area (Å²) >= 11 is 0. The van der Waals surface area contributed by atoms with Crippen LogP contribution in [-0.4, -0.2) is 34.2 Å². The summed E-state index contributed by atoms with van der Waals surface area (Å²) in [7, 11) is 3.81. The molecular formula is C17H16FN3O2. The van der Waals surface area contributed by atoms with Crippen molar-refractivity contribution in [2.45, 2.75) is 6.04 Å². The molecule has 23 heavy (non-hydrogen) atoms. The molecule has 0 aliphatic heterocycles. The summed E-state index contributed by atoms with van der Waals surface area (Å²) < 4.78 is 19.3. The van der Waals surface area contributed by atoms with E-state index in [0.29, 0.717) is 5.89 Å². The van der Waals surface area contributed by atoms with Crippen LogP contribution >= 0.6 is 0 Å². The highest BCUT2D eigenvalue weighted by Crippen LogP contribution is 2.29. The Morgan fingerprint density at radius 2 is 1.87 bits per heavy atom. The maximum atomic E-state index is 13.9. The third kappa shape index (κ3) is 3.07. The zero-order chi connectivity index (χ0) is 16.4. The van der Waals surface area contributed by atoms with Gasteiger partial charge >= 0.3 is 0 Å².